The third kappa shape index (κ3) is 4.01. The Labute approximate surface area is 165 Å². The number of para-hydroxylation sites is 1. The first-order chi connectivity index (χ1) is 13.6. The molecular weight excluding hydrogens is 354 g/mol. The van der Waals surface area contributed by atoms with Crippen LogP contribution in [0.3, 0.4) is 0 Å². The third-order valence-electron chi connectivity index (χ3n) is 4.62. The molecule has 1 atom stereocenters. The summed E-state index contributed by atoms with van der Waals surface area (Å²) in [5.74, 6) is 1.16. The van der Waals surface area contributed by atoms with Crippen molar-refractivity contribution in [3.05, 3.63) is 60.3 Å². The number of hydrogen-bond donors (Lipinski definition) is 1. The average molecular weight is 379 g/mol. The van der Waals surface area contributed by atoms with Crippen molar-refractivity contribution in [1.29, 1.82) is 0 Å². The van der Waals surface area contributed by atoms with Crippen molar-refractivity contribution in [2.24, 2.45) is 0 Å². The van der Waals surface area contributed by atoms with Gasteiger partial charge in [-0.05, 0) is 43.7 Å². The molecule has 28 heavy (non-hydrogen) atoms. The molecule has 0 saturated carbocycles. The van der Waals surface area contributed by atoms with Gasteiger partial charge in [0.2, 0.25) is 0 Å². The monoisotopic (exact) mass is 379 g/mol. The van der Waals surface area contributed by atoms with Crippen LogP contribution >= 0.6 is 0 Å². The van der Waals surface area contributed by atoms with Crippen LogP contribution < -0.4 is 14.8 Å². The van der Waals surface area contributed by atoms with E-state index in [4.69, 9.17) is 14.6 Å². The normalized spacial score (nSPS) is 11.7. The lowest BCUT2D eigenvalue weighted by Crippen LogP contribution is -2.33. The lowest BCUT2D eigenvalue weighted by atomic mass is 10.1. The van der Waals surface area contributed by atoms with Gasteiger partial charge in [0.05, 0.1) is 25.6 Å². The van der Waals surface area contributed by atoms with Crippen LogP contribution in [0.2, 0.25) is 0 Å². The lowest BCUT2D eigenvalue weighted by Gasteiger charge is -2.12. The summed E-state index contributed by atoms with van der Waals surface area (Å²) < 4.78 is 12.4. The van der Waals surface area contributed by atoms with Crippen molar-refractivity contribution in [2.75, 3.05) is 14.2 Å². The number of benzene rings is 2. The van der Waals surface area contributed by atoms with E-state index in [9.17, 15) is 4.79 Å². The molecule has 1 amide bonds. The largest absolute Gasteiger partial charge is 0.497 e. The Morgan fingerprint density at radius 3 is 2.50 bits per heavy atom. The molecule has 3 rings (SSSR count). The molecule has 0 aliphatic heterocycles. The maximum atomic E-state index is 12.9. The summed E-state index contributed by atoms with van der Waals surface area (Å²) in [4.78, 5) is 12.9. The van der Waals surface area contributed by atoms with Crippen LogP contribution in [-0.2, 0) is 0 Å². The van der Waals surface area contributed by atoms with Gasteiger partial charge in [-0.2, -0.15) is 5.10 Å². The number of nitrogens with one attached hydrogen (secondary N) is 1. The molecule has 6 heteroatoms. The molecule has 1 unspecified atom stereocenters. The molecule has 6 nitrogen and oxygen atoms in total. The predicted octanol–water partition coefficient (Wildman–Crippen LogP) is 4.08. The zero-order chi connectivity index (χ0) is 20.1. The van der Waals surface area contributed by atoms with E-state index in [1.807, 2.05) is 56.3 Å². The first kappa shape index (κ1) is 19.5. The predicted molar refractivity (Wildman–Crippen MR) is 109 cm³/mol. The second-order valence-corrected chi connectivity index (χ2v) is 6.51. The molecule has 0 aliphatic rings. The van der Waals surface area contributed by atoms with Gasteiger partial charge in [-0.1, -0.05) is 25.1 Å². The number of hydrogen-bond acceptors (Lipinski definition) is 4. The van der Waals surface area contributed by atoms with E-state index in [0.29, 0.717) is 22.9 Å². The SMILES string of the molecule is CCC(C)NC(=O)c1cc(-c2ccc(OC)cc2OC)nn1-c1ccccc1. The van der Waals surface area contributed by atoms with Crippen molar-refractivity contribution in [3.8, 4) is 28.4 Å². The van der Waals surface area contributed by atoms with Gasteiger partial charge in [0.1, 0.15) is 17.2 Å². The van der Waals surface area contributed by atoms with Crippen molar-refractivity contribution in [3.63, 3.8) is 0 Å². The van der Waals surface area contributed by atoms with Gasteiger partial charge in [0, 0.05) is 17.7 Å². The molecule has 2 aromatic carbocycles. The van der Waals surface area contributed by atoms with Crippen molar-refractivity contribution < 1.29 is 14.3 Å². The fourth-order valence-electron chi connectivity index (χ4n) is 2.85. The van der Waals surface area contributed by atoms with E-state index in [1.165, 1.54) is 0 Å². The van der Waals surface area contributed by atoms with Gasteiger partial charge < -0.3 is 14.8 Å². The number of amides is 1. The Morgan fingerprint density at radius 1 is 1.11 bits per heavy atom. The molecule has 3 aromatic rings. The van der Waals surface area contributed by atoms with Crippen LogP contribution in [0.4, 0.5) is 0 Å². The summed E-state index contributed by atoms with van der Waals surface area (Å²) in [6, 6.07) is 17.0. The fraction of sp³-hybridized carbons (Fsp3) is 0.273. The molecule has 0 radical (unpaired) electrons. The first-order valence-corrected chi connectivity index (χ1v) is 9.26. The summed E-state index contributed by atoms with van der Waals surface area (Å²) >= 11 is 0. The molecule has 1 aromatic heterocycles. The van der Waals surface area contributed by atoms with Crippen LogP contribution in [0.5, 0.6) is 11.5 Å². The van der Waals surface area contributed by atoms with Crippen molar-refractivity contribution in [1.82, 2.24) is 15.1 Å². The summed E-state index contributed by atoms with van der Waals surface area (Å²) in [7, 11) is 3.21. The maximum Gasteiger partial charge on any atom is 0.270 e. The highest BCUT2D eigenvalue weighted by atomic mass is 16.5. The number of carbonyl (C=O) groups is 1. The number of rotatable bonds is 7. The van der Waals surface area contributed by atoms with Crippen LogP contribution in [0.25, 0.3) is 16.9 Å². The smallest absolute Gasteiger partial charge is 0.270 e. The molecule has 1 heterocycles. The topological polar surface area (TPSA) is 65.4 Å². The number of nitrogens with zero attached hydrogens (tertiary/aromatic N) is 2. The fourth-order valence-corrected chi connectivity index (χ4v) is 2.85. The molecule has 0 spiro atoms. The summed E-state index contributed by atoms with van der Waals surface area (Å²) in [5, 5.41) is 7.72. The summed E-state index contributed by atoms with van der Waals surface area (Å²) in [5.41, 5.74) is 2.73. The van der Waals surface area contributed by atoms with Gasteiger partial charge >= 0.3 is 0 Å². The Bertz CT molecular complexity index is 951. The first-order valence-electron chi connectivity index (χ1n) is 9.26. The van der Waals surface area contributed by atoms with Crippen LogP contribution in [0.15, 0.2) is 54.6 Å². The minimum absolute atomic E-state index is 0.0746. The van der Waals surface area contributed by atoms with Crippen LogP contribution in [0.1, 0.15) is 30.8 Å². The molecule has 0 aliphatic carbocycles. The highest BCUT2D eigenvalue weighted by Gasteiger charge is 2.20. The van der Waals surface area contributed by atoms with Gasteiger partial charge in [0.25, 0.3) is 5.91 Å². The third-order valence-corrected chi connectivity index (χ3v) is 4.62. The Balaban J connectivity index is 2.10. The van der Waals surface area contributed by atoms with Gasteiger partial charge in [0.15, 0.2) is 0 Å². The highest BCUT2D eigenvalue weighted by Crippen LogP contribution is 2.33. The zero-order valence-electron chi connectivity index (χ0n) is 16.6. The van der Waals surface area contributed by atoms with E-state index >= 15 is 0 Å². The molecule has 0 saturated heterocycles. The second kappa shape index (κ2) is 8.61. The Kier molecular flexibility index (Phi) is 5.99. The van der Waals surface area contributed by atoms with Crippen LogP contribution in [-0.4, -0.2) is 35.9 Å². The Hall–Kier alpha value is -3.28. The van der Waals surface area contributed by atoms with E-state index < -0.39 is 0 Å². The summed E-state index contributed by atoms with van der Waals surface area (Å²) in [6.45, 7) is 4.02. The molecule has 0 bridgehead atoms. The van der Waals surface area contributed by atoms with Crippen LogP contribution in [0, 0.1) is 0 Å². The van der Waals surface area contributed by atoms with Crippen molar-refractivity contribution in [2.45, 2.75) is 26.3 Å². The standard InChI is InChI=1S/C22H25N3O3/c1-5-15(2)23-22(26)20-14-19(24-25(20)16-9-7-6-8-10-16)18-12-11-17(27-3)13-21(18)28-4/h6-15H,5H2,1-4H3,(H,23,26). The van der Waals surface area contributed by atoms with E-state index in [2.05, 4.69) is 5.32 Å². The Morgan fingerprint density at radius 2 is 1.86 bits per heavy atom. The van der Waals surface area contributed by atoms with Gasteiger partial charge in [-0.25, -0.2) is 4.68 Å². The number of ether oxygens (including phenoxy) is 2. The maximum absolute atomic E-state index is 12.9. The molecule has 146 valence electrons. The molecule has 1 N–H and O–H groups in total. The van der Waals surface area contributed by atoms with Gasteiger partial charge in [-0.15, -0.1) is 0 Å². The lowest BCUT2D eigenvalue weighted by molar-refractivity contribution is 0.0931. The minimum Gasteiger partial charge on any atom is -0.497 e. The number of methoxy groups -OCH3 is 2. The molecular formula is C22H25N3O3. The summed E-state index contributed by atoms with van der Waals surface area (Å²) in [6.07, 6.45) is 0.852. The zero-order valence-corrected chi connectivity index (χ0v) is 16.6. The average Bonchev–Trinajstić information content (AvgIpc) is 3.19. The van der Waals surface area contributed by atoms with E-state index in [1.54, 1.807) is 31.0 Å². The van der Waals surface area contributed by atoms with Gasteiger partial charge in [-0.3, -0.25) is 4.79 Å². The second-order valence-electron chi connectivity index (χ2n) is 6.51. The highest BCUT2D eigenvalue weighted by molar-refractivity contribution is 5.94. The molecule has 0 fully saturated rings. The van der Waals surface area contributed by atoms with E-state index in [-0.39, 0.29) is 11.9 Å². The minimum atomic E-state index is -0.163. The quantitative estimate of drug-likeness (QED) is 0.672. The van der Waals surface area contributed by atoms with Crippen molar-refractivity contribution >= 4 is 5.91 Å². The number of carbonyl (C=O) groups excluding carboxylic acids is 1. The van der Waals surface area contributed by atoms with E-state index in [0.717, 1.165) is 17.7 Å². The number of aromatic nitrogens is 2.